The first-order valence-corrected chi connectivity index (χ1v) is 6.77. The van der Waals surface area contributed by atoms with Crippen molar-refractivity contribution in [1.29, 1.82) is 0 Å². The lowest BCUT2D eigenvalue weighted by atomic mass is 10.1. The number of aromatic nitrogens is 2. The Hall–Kier alpha value is -0.820. The SMILES string of the molecule is CCCn1ncc(Br)c1C(NN)c1ccc(Cl)o1. The molecule has 7 heteroatoms. The zero-order valence-electron chi connectivity index (χ0n) is 9.86. The first-order chi connectivity index (χ1) is 8.67. The van der Waals surface area contributed by atoms with Gasteiger partial charge in [0.25, 0.3) is 0 Å². The highest BCUT2D eigenvalue weighted by atomic mass is 79.9. The van der Waals surface area contributed by atoms with E-state index in [0.717, 1.165) is 23.1 Å². The van der Waals surface area contributed by atoms with Gasteiger partial charge in [-0.05, 0) is 46.1 Å². The maximum absolute atomic E-state index is 5.79. The number of hydrazine groups is 1. The normalized spacial score (nSPS) is 12.9. The maximum Gasteiger partial charge on any atom is 0.193 e. The average Bonchev–Trinajstić information content (AvgIpc) is 2.91. The van der Waals surface area contributed by atoms with Crippen molar-refractivity contribution in [3.63, 3.8) is 0 Å². The summed E-state index contributed by atoms with van der Waals surface area (Å²) in [5.74, 6) is 6.28. The molecule has 0 radical (unpaired) electrons. The first kappa shape index (κ1) is 13.6. The van der Waals surface area contributed by atoms with Gasteiger partial charge in [-0.1, -0.05) is 6.92 Å². The molecule has 2 heterocycles. The number of nitrogens with one attached hydrogen (secondary N) is 1. The lowest BCUT2D eigenvalue weighted by Gasteiger charge is -2.16. The number of nitrogens with zero attached hydrogens (tertiary/aromatic N) is 2. The van der Waals surface area contributed by atoms with Crippen LogP contribution in [0.3, 0.4) is 0 Å². The molecule has 2 aromatic heterocycles. The van der Waals surface area contributed by atoms with Crippen molar-refractivity contribution in [2.24, 2.45) is 5.84 Å². The molecule has 0 aliphatic rings. The monoisotopic (exact) mass is 332 g/mol. The van der Waals surface area contributed by atoms with Crippen LogP contribution in [0.5, 0.6) is 0 Å². The largest absolute Gasteiger partial charge is 0.448 e. The minimum atomic E-state index is -0.291. The minimum absolute atomic E-state index is 0.291. The van der Waals surface area contributed by atoms with E-state index in [0.29, 0.717) is 11.0 Å². The van der Waals surface area contributed by atoms with Gasteiger partial charge in [0.15, 0.2) is 5.22 Å². The second kappa shape index (κ2) is 5.88. The summed E-state index contributed by atoms with van der Waals surface area (Å²) in [5, 5.41) is 4.64. The first-order valence-electron chi connectivity index (χ1n) is 5.60. The summed E-state index contributed by atoms with van der Waals surface area (Å²) < 4.78 is 8.18. The lowest BCUT2D eigenvalue weighted by Crippen LogP contribution is -2.30. The molecule has 0 amide bonds. The van der Waals surface area contributed by atoms with Crippen molar-refractivity contribution in [2.45, 2.75) is 25.9 Å². The molecule has 0 saturated heterocycles. The Balaban J connectivity index is 2.41. The van der Waals surface area contributed by atoms with E-state index in [2.05, 4.69) is 33.4 Å². The van der Waals surface area contributed by atoms with Crippen LogP contribution in [0.1, 0.15) is 30.8 Å². The quantitative estimate of drug-likeness (QED) is 0.652. The average molecular weight is 334 g/mol. The zero-order valence-corrected chi connectivity index (χ0v) is 12.2. The van der Waals surface area contributed by atoms with Crippen LogP contribution in [0.25, 0.3) is 0 Å². The third-order valence-corrected chi connectivity index (χ3v) is 3.40. The molecular weight excluding hydrogens is 320 g/mol. The van der Waals surface area contributed by atoms with Crippen molar-refractivity contribution in [3.05, 3.63) is 39.5 Å². The van der Waals surface area contributed by atoms with Gasteiger partial charge in [0.05, 0.1) is 16.4 Å². The predicted molar refractivity (Wildman–Crippen MR) is 73.1 cm³/mol. The molecule has 0 spiro atoms. The van der Waals surface area contributed by atoms with Crippen LogP contribution in [-0.2, 0) is 6.54 Å². The fraction of sp³-hybridized carbons (Fsp3) is 0.364. The molecule has 18 heavy (non-hydrogen) atoms. The van der Waals surface area contributed by atoms with Crippen LogP contribution in [0.15, 0.2) is 27.2 Å². The van der Waals surface area contributed by atoms with Gasteiger partial charge in [-0.15, -0.1) is 0 Å². The molecule has 0 bridgehead atoms. The summed E-state index contributed by atoms with van der Waals surface area (Å²) in [7, 11) is 0. The van der Waals surface area contributed by atoms with Gasteiger partial charge < -0.3 is 4.42 Å². The van der Waals surface area contributed by atoms with Crippen LogP contribution < -0.4 is 11.3 Å². The topological polar surface area (TPSA) is 69.0 Å². The lowest BCUT2D eigenvalue weighted by molar-refractivity contribution is 0.428. The Morgan fingerprint density at radius 3 is 2.94 bits per heavy atom. The van der Waals surface area contributed by atoms with E-state index in [1.54, 1.807) is 18.3 Å². The van der Waals surface area contributed by atoms with Gasteiger partial charge in [0.2, 0.25) is 0 Å². The molecule has 0 saturated carbocycles. The Kier molecular flexibility index (Phi) is 4.45. The number of hydrogen-bond donors (Lipinski definition) is 2. The predicted octanol–water partition coefficient (Wildman–Crippen LogP) is 2.85. The summed E-state index contributed by atoms with van der Waals surface area (Å²) in [4.78, 5) is 0. The number of aryl methyl sites for hydroxylation is 1. The third-order valence-electron chi connectivity index (χ3n) is 2.59. The van der Waals surface area contributed by atoms with Crippen LogP contribution in [0.2, 0.25) is 5.22 Å². The van der Waals surface area contributed by atoms with E-state index in [4.69, 9.17) is 21.9 Å². The molecule has 0 aliphatic heterocycles. The van der Waals surface area contributed by atoms with E-state index in [-0.39, 0.29) is 6.04 Å². The van der Waals surface area contributed by atoms with Crippen LogP contribution >= 0.6 is 27.5 Å². The molecule has 98 valence electrons. The summed E-state index contributed by atoms with van der Waals surface area (Å²) in [6.07, 6.45) is 2.73. The molecule has 2 aromatic rings. The fourth-order valence-corrected chi connectivity index (χ4v) is 2.51. The zero-order chi connectivity index (χ0) is 13.1. The highest BCUT2D eigenvalue weighted by Gasteiger charge is 2.23. The third kappa shape index (κ3) is 2.61. The summed E-state index contributed by atoms with van der Waals surface area (Å²) in [6, 6.07) is 3.19. The molecule has 1 unspecified atom stereocenters. The molecule has 3 N–H and O–H groups in total. The van der Waals surface area contributed by atoms with Gasteiger partial charge in [-0.25, -0.2) is 5.43 Å². The van der Waals surface area contributed by atoms with Crippen molar-refractivity contribution in [2.75, 3.05) is 0 Å². The number of nitrogens with two attached hydrogens (primary N) is 1. The van der Waals surface area contributed by atoms with Crippen LogP contribution in [-0.4, -0.2) is 9.78 Å². The number of furan rings is 1. The standard InChI is InChI=1S/C11H14BrClN4O/c1-2-5-17-11(7(12)6-15-17)10(16-14)8-3-4-9(13)18-8/h3-4,6,10,16H,2,5,14H2,1H3. The molecular formula is C11H14BrClN4O. The van der Waals surface area contributed by atoms with Gasteiger partial charge in [-0.2, -0.15) is 5.10 Å². The van der Waals surface area contributed by atoms with Crippen molar-refractivity contribution >= 4 is 27.5 Å². The number of rotatable bonds is 5. The van der Waals surface area contributed by atoms with Crippen LogP contribution in [0, 0.1) is 0 Å². The highest BCUT2D eigenvalue weighted by Crippen LogP contribution is 2.30. The summed E-state index contributed by atoms with van der Waals surface area (Å²) >= 11 is 9.27. The van der Waals surface area contributed by atoms with Gasteiger partial charge in [0.1, 0.15) is 11.8 Å². The van der Waals surface area contributed by atoms with E-state index in [1.807, 2.05) is 4.68 Å². The van der Waals surface area contributed by atoms with Crippen LogP contribution in [0.4, 0.5) is 0 Å². The van der Waals surface area contributed by atoms with Crippen molar-refractivity contribution in [3.8, 4) is 0 Å². The van der Waals surface area contributed by atoms with E-state index in [1.165, 1.54) is 0 Å². The van der Waals surface area contributed by atoms with E-state index >= 15 is 0 Å². The summed E-state index contributed by atoms with van der Waals surface area (Å²) in [5.41, 5.74) is 3.65. The fourth-order valence-electron chi connectivity index (χ4n) is 1.83. The highest BCUT2D eigenvalue weighted by molar-refractivity contribution is 9.10. The number of halogens is 2. The molecule has 2 rings (SSSR count). The van der Waals surface area contributed by atoms with E-state index in [9.17, 15) is 0 Å². The molecule has 5 nitrogen and oxygen atoms in total. The Labute approximate surface area is 118 Å². The smallest absolute Gasteiger partial charge is 0.193 e. The van der Waals surface area contributed by atoms with Crippen molar-refractivity contribution in [1.82, 2.24) is 15.2 Å². The molecule has 0 aliphatic carbocycles. The Bertz CT molecular complexity index is 525. The molecule has 1 atom stereocenters. The summed E-state index contributed by atoms with van der Waals surface area (Å²) in [6.45, 7) is 2.90. The Morgan fingerprint density at radius 2 is 2.39 bits per heavy atom. The van der Waals surface area contributed by atoms with Gasteiger partial charge in [-0.3, -0.25) is 10.5 Å². The second-order valence-corrected chi connectivity index (χ2v) is 5.07. The second-order valence-electron chi connectivity index (χ2n) is 3.84. The van der Waals surface area contributed by atoms with Crippen molar-refractivity contribution < 1.29 is 4.42 Å². The number of hydrogen-bond acceptors (Lipinski definition) is 4. The van der Waals surface area contributed by atoms with Gasteiger partial charge in [0, 0.05) is 6.54 Å². The molecule has 0 aromatic carbocycles. The van der Waals surface area contributed by atoms with E-state index < -0.39 is 0 Å². The van der Waals surface area contributed by atoms with Gasteiger partial charge >= 0.3 is 0 Å². The minimum Gasteiger partial charge on any atom is -0.448 e. The molecule has 0 fully saturated rings. The Morgan fingerprint density at radius 1 is 1.61 bits per heavy atom. The maximum atomic E-state index is 5.79.